The van der Waals surface area contributed by atoms with Crippen LogP contribution in [-0.2, 0) is 14.3 Å². The number of hydrogen-bond acceptors (Lipinski definition) is 6. The van der Waals surface area contributed by atoms with Gasteiger partial charge in [0, 0.05) is 24.2 Å². The summed E-state index contributed by atoms with van der Waals surface area (Å²) in [7, 11) is 0. The number of hydrogen-bond donors (Lipinski definition) is 0. The normalized spacial score (nSPS) is 15.0. The molecule has 0 spiro atoms. The average molecular weight is 486 g/mol. The Morgan fingerprint density at radius 2 is 1.50 bits per heavy atom. The Morgan fingerprint density at radius 1 is 0.861 bits per heavy atom. The fourth-order valence-electron chi connectivity index (χ4n) is 4.01. The molecule has 0 aromatic heterocycles. The van der Waals surface area contributed by atoms with E-state index in [1.165, 1.54) is 24.3 Å². The summed E-state index contributed by atoms with van der Waals surface area (Å²) < 4.78 is 10.6. The zero-order valence-corrected chi connectivity index (χ0v) is 20.4. The number of rotatable bonds is 7. The topological polar surface area (TPSA) is 90.0 Å². The Hall–Kier alpha value is -4.26. The fourth-order valence-corrected chi connectivity index (χ4v) is 4.01. The molecule has 1 heterocycles. The van der Waals surface area contributed by atoms with E-state index in [2.05, 4.69) is 0 Å². The van der Waals surface area contributed by atoms with Gasteiger partial charge in [-0.2, -0.15) is 0 Å². The summed E-state index contributed by atoms with van der Waals surface area (Å²) in [4.78, 5) is 51.5. The zero-order chi connectivity index (χ0) is 25.8. The molecule has 36 heavy (non-hydrogen) atoms. The number of carbonyl (C=O) groups is 4. The van der Waals surface area contributed by atoms with E-state index in [-0.39, 0.29) is 18.9 Å². The number of amides is 1. The Labute approximate surface area is 209 Å². The molecule has 1 aliphatic rings. The second kappa shape index (κ2) is 10.6. The van der Waals surface area contributed by atoms with E-state index in [0.717, 1.165) is 22.4 Å². The standard InChI is InChI=1S/C29H27NO6/c1-18-5-8-22(9-6-18)29(34)36-24-12-10-21(11-13-24)26(31)17-35-28(33)23-15-27(32)30(16-23)25-14-19(2)4-7-20(25)3/h4-14,23H,15-17H2,1-3H3. The van der Waals surface area contributed by atoms with Crippen LogP contribution in [0.25, 0.3) is 0 Å². The van der Waals surface area contributed by atoms with Crippen molar-refractivity contribution in [3.63, 3.8) is 0 Å². The minimum atomic E-state index is -0.631. The van der Waals surface area contributed by atoms with E-state index >= 15 is 0 Å². The Bertz CT molecular complexity index is 1310. The van der Waals surface area contributed by atoms with Crippen LogP contribution in [-0.4, -0.2) is 36.8 Å². The molecule has 1 aliphatic heterocycles. The van der Waals surface area contributed by atoms with Gasteiger partial charge in [0.2, 0.25) is 5.91 Å². The lowest BCUT2D eigenvalue weighted by Gasteiger charge is -2.19. The molecule has 1 fully saturated rings. The molecular weight excluding hydrogens is 458 g/mol. The molecule has 0 bridgehead atoms. The van der Waals surface area contributed by atoms with Gasteiger partial charge in [-0.25, -0.2) is 4.79 Å². The summed E-state index contributed by atoms with van der Waals surface area (Å²) in [6.45, 7) is 5.58. The summed E-state index contributed by atoms with van der Waals surface area (Å²) in [5.74, 6) is -1.95. The van der Waals surface area contributed by atoms with Crippen LogP contribution in [0.4, 0.5) is 5.69 Å². The molecule has 3 aromatic rings. The average Bonchev–Trinajstić information content (AvgIpc) is 3.26. The maximum absolute atomic E-state index is 12.6. The van der Waals surface area contributed by atoms with E-state index in [1.54, 1.807) is 17.0 Å². The summed E-state index contributed by atoms with van der Waals surface area (Å²) in [5, 5.41) is 0. The Kier molecular flexibility index (Phi) is 7.29. The van der Waals surface area contributed by atoms with Crippen molar-refractivity contribution in [1.29, 1.82) is 0 Å². The fraction of sp³-hybridized carbons (Fsp3) is 0.241. The molecule has 184 valence electrons. The van der Waals surface area contributed by atoms with Gasteiger partial charge in [0.05, 0.1) is 11.5 Å². The van der Waals surface area contributed by atoms with E-state index in [0.29, 0.717) is 16.9 Å². The largest absolute Gasteiger partial charge is 0.457 e. The van der Waals surface area contributed by atoms with Crippen LogP contribution in [0.1, 0.15) is 43.8 Å². The number of anilines is 1. The molecule has 0 saturated carbocycles. The summed E-state index contributed by atoms with van der Waals surface area (Å²) in [6, 6.07) is 18.9. The third kappa shape index (κ3) is 5.68. The van der Waals surface area contributed by atoms with E-state index < -0.39 is 30.2 Å². The Balaban J connectivity index is 1.30. The predicted octanol–water partition coefficient (Wildman–Crippen LogP) is 4.61. The molecule has 0 N–H and O–H groups in total. The molecule has 3 aromatic carbocycles. The Morgan fingerprint density at radius 3 is 2.19 bits per heavy atom. The number of esters is 2. The number of aryl methyl sites for hydroxylation is 3. The van der Waals surface area contributed by atoms with Crippen LogP contribution in [0.15, 0.2) is 66.7 Å². The molecule has 0 aliphatic carbocycles. The van der Waals surface area contributed by atoms with Gasteiger partial charge in [0.25, 0.3) is 0 Å². The lowest BCUT2D eigenvalue weighted by Crippen LogP contribution is -2.27. The van der Waals surface area contributed by atoms with Crippen molar-refractivity contribution in [2.24, 2.45) is 5.92 Å². The van der Waals surface area contributed by atoms with Crippen molar-refractivity contribution >= 4 is 29.3 Å². The van der Waals surface area contributed by atoms with Gasteiger partial charge in [0.1, 0.15) is 5.75 Å². The van der Waals surface area contributed by atoms with Crippen LogP contribution in [0.3, 0.4) is 0 Å². The molecule has 7 nitrogen and oxygen atoms in total. The van der Waals surface area contributed by atoms with E-state index in [1.807, 2.05) is 51.1 Å². The molecule has 1 saturated heterocycles. The minimum absolute atomic E-state index is 0.0431. The molecule has 0 radical (unpaired) electrons. The first-order chi connectivity index (χ1) is 17.2. The van der Waals surface area contributed by atoms with Crippen molar-refractivity contribution in [2.45, 2.75) is 27.2 Å². The molecule has 7 heteroatoms. The van der Waals surface area contributed by atoms with Crippen molar-refractivity contribution in [3.05, 3.63) is 94.5 Å². The van der Waals surface area contributed by atoms with Crippen molar-refractivity contribution in [2.75, 3.05) is 18.1 Å². The number of benzene rings is 3. The summed E-state index contributed by atoms with van der Waals surface area (Å²) in [6.07, 6.45) is 0.0431. The highest BCUT2D eigenvalue weighted by atomic mass is 16.5. The number of nitrogens with zero attached hydrogens (tertiary/aromatic N) is 1. The third-order valence-corrected chi connectivity index (χ3v) is 6.13. The van der Waals surface area contributed by atoms with Crippen LogP contribution in [0.2, 0.25) is 0 Å². The SMILES string of the molecule is Cc1ccc(C(=O)Oc2ccc(C(=O)COC(=O)C3CC(=O)N(c4cc(C)ccc4C)C3)cc2)cc1. The van der Waals surface area contributed by atoms with Gasteiger partial charge < -0.3 is 14.4 Å². The molecule has 1 amide bonds. The van der Waals surface area contributed by atoms with Gasteiger partial charge >= 0.3 is 11.9 Å². The van der Waals surface area contributed by atoms with Gasteiger partial charge in [-0.15, -0.1) is 0 Å². The van der Waals surface area contributed by atoms with Crippen LogP contribution in [0.5, 0.6) is 5.75 Å². The highest BCUT2D eigenvalue weighted by Crippen LogP contribution is 2.29. The van der Waals surface area contributed by atoms with Gasteiger partial charge in [-0.1, -0.05) is 29.8 Å². The van der Waals surface area contributed by atoms with Gasteiger partial charge in [-0.05, 0) is 74.4 Å². The van der Waals surface area contributed by atoms with Crippen LogP contribution >= 0.6 is 0 Å². The van der Waals surface area contributed by atoms with Gasteiger partial charge in [-0.3, -0.25) is 14.4 Å². The highest BCUT2D eigenvalue weighted by molar-refractivity contribution is 6.01. The number of carbonyl (C=O) groups excluding carboxylic acids is 4. The quantitative estimate of drug-likeness (QED) is 0.276. The zero-order valence-electron chi connectivity index (χ0n) is 20.4. The van der Waals surface area contributed by atoms with Crippen LogP contribution in [0, 0.1) is 26.7 Å². The van der Waals surface area contributed by atoms with E-state index in [9.17, 15) is 19.2 Å². The smallest absolute Gasteiger partial charge is 0.343 e. The highest BCUT2D eigenvalue weighted by Gasteiger charge is 2.37. The molecule has 1 atom stereocenters. The summed E-state index contributed by atoms with van der Waals surface area (Å²) >= 11 is 0. The lowest BCUT2D eigenvalue weighted by atomic mass is 10.1. The van der Waals surface area contributed by atoms with Gasteiger partial charge in [0.15, 0.2) is 12.4 Å². The number of ether oxygens (including phenoxy) is 2. The monoisotopic (exact) mass is 485 g/mol. The maximum Gasteiger partial charge on any atom is 0.343 e. The second-order valence-electron chi connectivity index (χ2n) is 9.01. The number of ketones is 1. The van der Waals surface area contributed by atoms with Crippen molar-refractivity contribution in [1.82, 2.24) is 0 Å². The molecule has 4 rings (SSSR count). The third-order valence-electron chi connectivity index (χ3n) is 6.13. The summed E-state index contributed by atoms with van der Waals surface area (Å²) in [5.41, 5.74) is 4.54. The first-order valence-electron chi connectivity index (χ1n) is 11.7. The first kappa shape index (κ1) is 24.9. The minimum Gasteiger partial charge on any atom is -0.457 e. The number of Topliss-reactive ketones (excluding diaryl/α,β-unsaturated/α-hetero) is 1. The van der Waals surface area contributed by atoms with E-state index in [4.69, 9.17) is 9.47 Å². The predicted molar refractivity (Wildman–Crippen MR) is 134 cm³/mol. The first-order valence-corrected chi connectivity index (χ1v) is 11.7. The lowest BCUT2D eigenvalue weighted by molar-refractivity contribution is -0.147. The molecular formula is C29H27NO6. The van der Waals surface area contributed by atoms with Crippen LogP contribution < -0.4 is 9.64 Å². The molecule has 1 unspecified atom stereocenters. The van der Waals surface area contributed by atoms with Crippen molar-refractivity contribution in [3.8, 4) is 5.75 Å². The second-order valence-corrected chi connectivity index (χ2v) is 9.01. The van der Waals surface area contributed by atoms with Crippen molar-refractivity contribution < 1.29 is 28.7 Å². The maximum atomic E-state index is 12.6.